The van der Waals surface area contributed by atoms with Gasteiger partial charge in [0, 0.05) is 25.1 Å². The Morgan fingerprint density at radius 1 is 1.32 bits per heavy atom. The zero-order chi connectivity index (χ0) is 16.2. The Balaban J connectivity index is 1.90. The first kappa shape index (κ1) is 16.8. The SMILES string of the molecule is COC1(CNC(=O)C(=O)Nc2ccc(C)cc2C)CCSC1. The van der Waals surface area contributed by atoms with E-state index in [1.54, 1.807) is 24.9 Å². The van der Waals surface area contributed by atoms with E-state index in [1.807, 2.05) is 26.0 Å². The lowest BCUT2D eigenvalue weighted by atomic mass is 10.0. The fourth-order valence-electron chi connectivity index (χ4n) is 2.42. The van der Waals surface area contributed by atoms with Gasteiger partial charge in [-0.1, -0.05) is 17.7 Å². The quantitative estimate of drug-likeness (QED) is 0.831. The number of carbonyl (C=O) groups excluding carboxylic acids is 2. The molecule has 0 spiro atoms. The summed E-state index contributed by atoms with van der Waals surface area (Å²) in [7, 11) is 1.65. The van der Waals surface area contributed by atoms with Crippen molar-refractivity contribution in [2.45, 2.75) is 25.9 Å². The van der Waals surface area contributed by atoms with Gasteiger partial charge in [0.15, 0.2) is 0 Å². The topological polar surface area (TPSA) is 67.4 Å². The monoisotopic (exact) mass is 322 g/mol. The van der Waals surface area contributed by atoms with Gasteiger partial charge >= 0.3 is 11.8 Å². The number of amides is 2. The summed E-state index contributed by atoms with van der Waals surface area (Å²) in [5.74, 6) is 0.568. The third kappa shape index (κ3) is 4.01. The predicted molar refractivity (Wildman–Crippen MR) is 89.2 cm³/mol. The number of hydrogen-bond acceptors (Lipinski definition) is 4. The predicted octanol–water partition coefficient (Wildman–Crippen LogP) is 1.88. The molecule has 0 aromatic heterocycles. The molecule has 1 aromatic rings. The normalized spacial score (nSPS) is 20.7. The Morgan fingerprint density at radius 2 is 2.09 bits per heavy atom. The minimum atomic E-state index is -0.649. The van der Waals surface area contributed by atoms with Gasteiger partial charge in [-0.2, -0.15) is 11.8 Å². The summed E-state index contributed by atoms with van der Waals surface area (Å²) in [6, 6.07) is 5.67. The Labute approximate surface area is 135 Å². The van der Waals surface area contributed by atoms with E-state index < -0.39 is 11.8 Å². The molecule has 1 unspecified atom stereocenters. The second-order valence-corrected chi connectivity index (χ2v) is 6.75. The third-order valence-corrected chi connectivity index (χ3v) is 5.13. The standard InChI is InChI=1S/C16H22N2O3S/c1-11-4-5-13(12(2)8-11)18-15(20)14(19)17-9-16(21-3)6-7-22-10-16/h4-5,8H,6-7,9-10H2,1-3H3,(H,17,19)(H,18,20). The molecule has 2 amide bonds. The number of carbonyl (C=O) groups is 2. The van der Waals surface area contributed by atoms with Crippen LogP contribution in [0, 0.1) is 13.8 Å². The van der Waals surface area contributed by atoms with Crippen molar-refractivity contribution in [1.29, 1.82) is 0 Å². The minimum Gasteiger partial charge on any atom is -0.376 e. The van der Waals surface area contributed by atoms with Crippen LogP contribution in [-0.2, 0) is 14.3 Å². The van der Waals surface area contributed by atoms with Gasteiger partial charge in [-0.25, -0.2) is 0 Å². The molecule has 1 saturated heterocycles. The van der Waals surface area contributed by atoms with E-state index in [0.717, 1.165) is 29.1 Å². The van der Waals surface area contributed by atoms with E-state index >= 15 is 0 Å². The summed E-state index contributed by atoms with van der Waals surface area (Å²) in [5.41, 5.74) is 2.35. The number of ether oxygens (including phenoxy) is 1. The van der Waals surface area contributed by atoms with Gasteiger partial charge in [-0.15, -0.1) is 0 Å². The molecule has 1 atom stereocenters. The summed E-state index contributed by atoms with van der Waals surface area (Å²) in [5, 5.41) is 5.32. The maximum atomic E-state index is 12.0. The summed E-state index contributed by atoms with van der Waals surface area (Å²) >= 11 is 1.79. The lowest BCUT2D eigenvalue weighted by Crippen LogP contribution is -2.47. The second kappa shape index (κ2) is 7.15. The molecule has 1 aromatic carbocycles. The molecule has 5 nitrogen and oxygen atoms in total. The smallest absolute Gasteiger partial charge is 0.313 e. The number of anilines is 1. The van der Waals surface area contributed by atoms with Gasteiger partial charge in [0.2, 0.25) is 0 Å². The summed E-state index contributed by atoms with van der Waals surface area (Å²) in [6.45, 7) is 4.24. The van der Waals surface area contributed by atoms with E-state index in [1.165, 1.54) is 0 Å². The van der Waals surface area contributed by atoms with Gasteiger partial charge < -0.3 is 15.4 Å². The maximum Gasteiger partial charge on any atom is 0.313 e. The fourth-order valence-corrected chi connectivity index (χ4v) is 3.81. The average molecular weight is 322 g/mol. The highest BCUT2D eigenvalue weighted by Crippen LogP contribution is 2.30. The lowest BCUT2D eigenvalue weighted by Gasteiger charge is -2.26. The third-order valence-electron chi connectivity index (χ3n) is 3.91. The largest absolute Gasteiger partial charge is 0.376 e. The molecule has 1 fully saturated rings. The second-order valence-electron chi connectivity index (χ2n) is 5.64. The van der Waals surface area contributed by atoms with Gasteiger partial charge in [-0.3, -0.25) is 9.59 Å². The van der Waals surface area contributed by atoms with Crippen molar-refractivity contribution >= 4 is 29.3 Å². The first-order chi connectivity index (χ1) is 10.5. The highest BCUT2D eigenvalue weighted by molar-refractivity contribution is 7.99. The molecular formula is C16H22N2O3S. The molecule has 6 heteroatoms. The number of aryl methyl sites for hydroxylation is 2. The van der Waals surface area contributed by atoms with Crippen LogP contribution in [0.4, 0.5) is 5.69 Å². The van der Waals surface area contributed by atoms with E-state index in [0.29, 0.717) is 12.2 Å². The number of methoxy groups -OCH3 is 1. The Hall–Kier alpha value is -1.53. The molecule has 1 aliphatic heterocycles. The molecular weight excluding hydrogens is 300 g/mol. The number of hydrogen-bond donors (Lipinski definition) is 2. The molecule has 0 radical (unpaired) electrons. The van der Waals surface area contributed by atoms with Crippen molar-refractivity contribution in [3.8, 4) is 0 Å². The first-order valence-electron chi connectivity index (χ1n) is 7.25. The van der Waals surface area contributed by atoms with Crippen LogP contribution in [0.1, 0.15) is 17.5 Å². The van der Waals surface area contributed by atoms with Crippen LogP contribution in [0.15, 0.2) is 18.2 Å². The van der Waals surface area contributed by atoms with Gasteiger partial charge in [0.25, 0.3) is 0 Å². The van der Waals surface area contributed by atoms with Crippen molar-refractivity contribution in [1.82, 2.24) is 5.32 Å². The summed E-state index contributed by atoms with van der Waals surface area (Å²) in [4.78, 5) is 23.9. The van der Waals surface area contributed by atoms with Crippen LogP contribution in [0.25, 0.3) is 0 Å². The average Bonchev–Trinajstić information content (AvgIpc) is 2.97. The molecule has 120 valence electrons. The van der Waals surface area contributed by atoms with Crippen LogP contribution in [0.2, 0.25) is 0 Å². The van der Waals surface area contributed by atoms with Crippen molar-refractivity contribution in [3.63, 3.8) is 0 Å². The van der Waals surface area contributed by atoms with Crippen LogP contribution in [0.3, 0.4) is 0 Å². The number of rotatable bonds is 4. The summed E-state index contributed by atoms with van der Waals surface area (Å²) in [6.07, 6.45) is 0.882. The molecule has 0 bridgehead atoms. The fraction of sp³-hybridized carbons (Fsp3) is 0.500. The summed E-state index contributed by atoms with van der Waals surface area (Å²) < 4.78 is 5.51. The Kier molecular flexibility index (Phi) is 5.47. The van der Waals surface area contributed by atoms with E-state index in [9.17, 15) is 9.59 Å². The Morgan fingerprint density at radius 3 is 2.68 bits per heavy atom. The highest BCUT2D eigenvalue weighted by Gasteiger charge is 2.35. The molecule has 2 N–H and O–H groups in total. The zero-order valence-corrected chi connectivity index (χ0v) is 14.0. The maximum absolute atomic E-state index is 12.0. The zero-order valence-electron chi connectivity index (χ0n) is 13.2. The van der Waals surface area contributed by atoms with E-state index in [2.05, 4.69) is 10.6 Å². The van der Waals surface area contributed by atoms with E-state index in [4.69, 9.17) is 4.74 Å². The first-order valence-corrected chi connectivity index (χ1v) is 8.40. The molecule has 2 rings (SSSR count). The van der Waals surface area contributed by atoms with E-state index in [-0.39, 0.29) is 5.60 Å². The number of nitrogens with one attached hydrogen (secondary N) is 2. The minimum absolute atomic E-state index is 0.347. The van der Waals surface area contributed by atoms with Crippen molar-refractivity contribution < 1.29 is 14.3 Å². The highest BCUT2D eigenvalue weighted by atomic mass is 32.2. The number of thioether (sulfide) groups is 1. The van der Waals surface area contributed by atoms with Gasteiger partial charge in [0.05, 0.1) is 5.60 Å². The van der Waals surface area contributed by atoms with Crippen LogP contribution in [0.5, 0.6) is 0 Å². The Bertz CT molecular complexity index is 569. The molecule has 1 aliphatic rings. The molecule has 1 heterocycles. The molecule has 0 aliphatic carbocycles. The number of benzene rings is 1. The molecule has 22 heavy (non-hydrogen) atoms. The van der Waals surface area contributed by atoms with Crippen molar-refractivity contribution in [3.05, 3.63) is 29.3 Å². The lowest BCUT2D eigenvalue weighted by molar-refractivity contribution is -0.136. The van der Waals surface area contributed by atoms with Crippen LogP contribution < -0.4 is 10.6 Å². The van der Waals surface area contributed by atoms with Crippen molar-refractivity contribution in [2.24, 2.45) is 0 Å². The van der Waals surface area contributed by atoms with Gasteiger partial charge in [-0.05, 0) is 37.7 Å². The van der Waals surface area contributed by atoms with Crippen molar-refractivity contribution in [2.75, 3.05) is 30.5 Å². The molecule has 0 saturated carbocycles. The van der Waals surface area contributed by atoms with Crippen LogP contribution in [-0.4, -0.2) is 42.6 Å². The van der Waals surface area contributed by atoms with Gasteiger partial charge in [0.1, 0.15) is 0 Å². The van der Waals surface area contributed by atoms with Crippen LogP contribution >= 0.6 is 11.8 Å².